The molecule has 1 unspecified atom stereocenters. The van der Waals surface area contributed by atoms with Crippen LogP contribution in [0.3, 0.4) is 0 Å². The summed E-state index contributed by atoms with van der Waals surface area (Å²) in [5.74, 6) is 0. The molecule has 7 heteroatoms. The van der Waals surface area contributed by atoms with Crippen molar-refractivity contribution < 1.29 is 13.2 Å². The van der Waals surface area contributed by atoms with E-state index in [2.05, 4.69) is 4.98 Å². The second kappa shape index (κ2) is 7.61. The Morgan fingerprint density at radius 1 is 1.25 bits per heavy atom. The zero-order chi connectivity index (χ0) is 17.0. The average Bonchev–Trinajstić information content (AvgIpc) is 2.61. The Balaban J connectivity index is 1.65. The zero-order valence-corrected chi connectivity index (χ0v) is 14.7. The summed E-state index contributed by atoms with van der Waals surface area (Å²) in [5.41, 5.74) is 0.982. The van der Waals surface area contributed by atoms with Crippen molar-refractivity contribution in [3.63, 3.8) is 0 Å². The normalized spacial score (nSPS) is 19.3. The van der Waals surface area contributed by atoms with Gasteiger partial charge in [-0.2, -0.15) is 4.31 Å². The lowest BCUT2D eigenvalue weighted by Crippen LogP contribution is -2.43. The molecule has 0 spiro atoms. The smallest absolute Gasteiger partial charge is 0.243 e. The molecule has 1 aliphatic rings. The second-order valence-corrected chi connectivity index (χ2v) is 8.13. The van der Waals surface area contributed by atoms with Gasteiger partial charge in [-0.1, -0.05) is 17.7 Å². The van der Waals surface area contributed by atoms with Crippen molar-refractivity contribution in [1.29, 1.82) is 0 Å². The van der Waals surface area contributed by atoms with Crippen LogP contribution in [-0.4, -0.2) is 36.9 Å². The molecule has 2 aromatic rings. The lowest BCUT2D eigenvalue weighted by atomic mass is 10.1. The molecular formula is C17H19ClN2O3S. The first-order chi connectivity index (χ1) is 11.6. The maximum atomic E-state index is 12.7. The van der Waals surface area contributed by atoms with Gasteiger partial charge in [-0.05, 0) is 48.7 Å². The van der Waals surface area contributed by atoms with Crippen molar-refractivity contribution in [3.8, 4) is 0 Å². The molecule has 0 radical (unpaired) electrons. The van der Waals surface area contributed by atoms with Gasteiger partial charge in [0.25, 0.3) is 0 Å². The summed E-state index contributed by atoms with van der Waals surface area (Å²) in [6, 6.07) is 10.1. The van der Waals surface area contributed by atoms with Crippen LogP contribution in [0.1, 0.15) is 18.4 Å². The Morgan fingerprint density at radius 3 is 2.75 bits per heavy atom. The van der Waals surface area contributed by atoms with Crippen LogP contribution in [0.4, 0.5) is 0 Å². The summed E-state index contributed by atoms with van der Waals surface area (Å²) in [6.07, 6.45) is 4.99. The van der Waals surface area contributed by atoms with Gasteiger partial charge >= 0.3 is 0 Å². The molecule has 5 nitrogen and oxygen atoms in total. The van der Waals surface area contributed by atoms with E-state index in [1.165, 1.54) is 16.4 Å². The van der Waals surface area contributed by atoms with Crippen LogP contribution >= 0.6 is 11.6 Å². The molecule has 3 rings (SSSR count). The van der Waals surface area contributed by atoms with Crippen LogP contribution in [0.15, 0.2) is 53.7 Å². The van der Waals surface area contributed by atoms with Crippen LogP contribution in [0.2, 0.25) is 5.02 Å². The van der Waals surface area contributed by atoms with Crippen LogP contribution < -0.4 is 0 Å². The highest BCUT2D eigenvalue weighted by molar-refractivity contribution is 7.89. The summed E-state index contributed by atoms with van der Waals surface area (Å²) >= 11 is 5.84. The Hall–Kier alpha value is -1.47. The van der Waals surface area contributed by atoms with E-state index >= 15 is 0 Å². The van der Waals surface area contributed by atoms with Crippen molar-refractivity contribution in [3.05, 3.63) is 59.4 Å². The number of pyridine rings is 1. The van der Waals surface area contributed by atoms with Crippen molar-refractivity contribution in [2.45, 2.75) is 30.4 Å². The van der Waals surface area contributed by atoms with E-state index in [-0.39, 0.29) is 11.0 Å². The third-order valence-electron chi connectivity index (χ3n) is 4.00. The first kappa shape index (κ1) is 17.4. The van der Waals surface area contributed by atoms with E-state index in [1.54, 1.807) is 24.5 Å². The third-order valence-corrected chi connectivity index (χ3v) is 6.13. The Labute approximate surface area is 147 Å². The number of halogens is 1. The summed E-state index contributed by atoms with van der Waals surface area (Å²) in [6.45, 7) is 1.32. The first-order valence-electron chi connectivity index (χ1n) is 7.82. The molecule has 1 fully saturated rings. The number of rotatable bonds is 5. The molecule has 0 N–H and O–H groups in total. The van der Waals surface area contributed by atoms with E-state index < -0.39 is 10.0 Å². The number of piperidine rings is 1. The summed E-state index contributed by atoms with van der Waals surface area (Å²) < 4.78 is 32.8. The molecule has 0 aliphatic carbocycles. The van der Waals surface area contributed by atoms with Gasteiger partial charge in [-0.3, -0.25) is 4.98 Å². The number of nitrogens with zero attached hydrogens (tertiary/aromatic N) is 2. The van der Waals surface area contributed by atoms with Crippen molar-refractivity contribution in [2.75, 3.05) is 13.1 Å². The molecule has 1 saturated heterocycles. The van der Waals surface area contributed by atoms with Gasteiger partial charge in [-0.15, -0.1) is 0 Å². The van der Waals surface area contributed by atoms with Crippen molar-refractivity contribution >= 4 is 21.6 Å². The Morgan fingerprint density at radius 2 is 2.04 bits per heavy atom. The average molecular weight is 367 g/mol. The molecule has 0 saturated carbocycles. The fourth-order valence-electron chi connectivity index (χ4n) is 2.71. The predicted molar refractivity (Wildman–Crippen MR) is 92.3 cm³/mol. The highest BCUT2D eigenvalue weighted by atomic mass is 35.5. The lowest BCUT2D eigenvalue weighted by Gasteiger charge is -2.31. The number of hydrogen-bond donors (Lipinski definition) is 0. The quantitative estimate of drug-likeness (QED) is 0.815. The molecule has 24 heavy (non-hydrogen) atoms. The van der Waals surface area contributed by atoms with Crippen LogP contribution in [0, 0.1) is 0 Å². The van der Waals surface area contributed by atoms with E-state index in [4.69, 9.17) is 16.3 Å². The maximum absolute atomic E-state index is 12.7. The van der Waals surface area contributed by atoms with Gasteiger partial charge in [0.15, 0.2) is 0 Å². The van der Waals surface area contributed by atoms with Crippen molar-refractivity contribution in [1.82, 2.24) is 9.29 Å². The zero-order valence-electron chi connectivity index (χ0n) is 13.1. The Bertz CT molecular complexity index is 766. The minimum Gasteiger partial charge on any atom is -0.372 e. The SMILES string of the molecule is O=S(=O)(c1ccc(Cl)cc1)N1CCCC(OCc2cccnc2)C1. The van der Waals surface area contributed by atoms with Gasteiger partial charge in [-0.25, -0.2) is 8.42 Å². The van der Waals surface area contributed by atoms with E-state index in [9.17, 15) is 8.42 Å². The standard InChI is InChI=1S/C17H19ClN2O3S/c18-15-5-7-17(8-6-15)24(21,22)20-10-2-4-16(12-20)23-13-14-3-1-9-19-11-14/h1,3,5-9,11,16H,2,4,10,12-13H2. The molecular weight excluding hydrogens is 348 g/mol. The third kappa shape index (κ3) is 4.13. The summed E-state index contributed by atoms with van der Waals surface area (Å²) in [4.78, 5) is 4.32. The molecule has 0 amide bonds. The number of sulfonamides is 1. The minimum absolute atomic E-state index is 0.110. The molecule has 1 aliphatic heterocycles. The molecule has 1 atom stereocenters. The largest absolute Gasteiger partial charge is 0.372 e. The Kier molecular flexibility index (Phi) is 5.50. The second-order valence-electron chi connectivity index (χ2n) is 5.75. The summed E-state index contributed by atoms with van der Waals surface area (Å²) in [5, 5.41) is 0.519. The predicted octanol–water partition coefficient (Wildman–Crippen LogP) is 3.10. The minimum atomic E-state index is -3.51. The van der Waals surface area contributed by atoms with E-state index in [0.29, 0.717) is 24.7 Å². The summed E-state index contributed by atoms with van der Waals surface area (Å²) in [7, 11) is -3.51. The molecule has 1 aromatic heterocycles. The lowest BCUT2D eigenvalue weighted by molar-refractivity contribution is 0.00800. The van der Waals surface area contributed by atoms with Crippen LogP contribution in [0.5, 0.6) is 0 Å². The molecule has 0 bridgehead atoms. The fraction of sp³-hybridized carbons (Fsp3) is 0.353. The molecule has 128 valence electrons. The van der Waals surface area contributed by atoms with Crippen LogP contribution in [-0.2, 0) is 21.4 Å². The van der Waals surface area contributed by atoms with Crippen LogP contribution in [0.25, 0.3) is 0 Å². The molecule has 2 heterocycles. The van der Waals surface area contributed by atoms with Gasteiger partial charge in [0.1, 0.15) is 0 Å². The number of ether oxygens (including phenoxy) is 1. The number of hydrogen-bond acceptors (Lipinski definition) is 4. The number of benzene rings is 1. The topological polar surface area (TPSA) is 59.5 Å². The highest BCUT2D eigenvalue weighted by Gasteiger charge is 2.30. The van der Waals surface area contributed by atoms with Gasteiger partial charge in [0.2, 0.25) is 10.0 Å². The highest BCUT2D eigenvalue weighted by Crippen LogP contribution is 2.23. The van der Waals surface area contributed by atoms with Gasteiger partial charge < -0.3 is 4.74 Å². The van der Waals surface area contributed by atoms with E-state index in [1.807, 2.05) is 12.1 Å². The number of aromatic nitrogens is 1. The monoisotopic (exact) mass is 366 g/mol. The maximum Gasteiger partial charge on any atom is 0.243 e. The first-order valence-corrected chi connectivity index (χ1v) is 9.64. The van der Waals surface area contributed by atoms with Gasteiger partial charge in [0, 0.05) is 30.5 Å². The molecule has 1 aromatic carbocycles. The van der Waals surface area contributed by atoms with Gasteiger partial charge in [0.05, 0.1) is 17.6 Å². The fourth-order valence-corrected chi connectivity index (χ4v) is 4.35. The van der Waals surface area contributed by atoms with E-state index in [0.717, 1.165) is 18.4 Å². The van der Waals surface area contributed by atoms with Crippen molar-refractivity contribution in [2.24, 2.45) is 0 Å².